The molecule has 166 valence electrons. The second-order valence-electron chi connectivity index (χ2n) is 8.62. The van der Waals surface area contributed by atoms with Crippen molar-refractivity contribution >= 4 is 12.1 Å². The molecule has 0 fully saturated rings. The number of rotatable bonds is 9. The number of guanidine groups is 1. The number of aliphatic imine (C=N–C) groups is 1. The van der Waals surface area contributed by atoms with Gasteiger partial charge in [0.25, 0.3) is 0 Å². The molecule has 0 aromatic carbocycles. The number of carbonyl (C=O) groups excluding carboxylic acids is 1. The predicted octanol–water partition coefficient (Wildman–Crippen LogP) is 2.95. The molecule has 0 radical (unpaired) electrons. The highest BCUT2D eigenvalue weighted by Gasteiger charge is 2.20. The third-order valence-corrected chi connectivity index (χ3v) is 4.14. The normalized spacial score (nSPS) is 13.2. The van der Waals surface area contributed by atoms with E-state index in [2.05, 4.69) is 40.6 Å². The lowest BCUT2D eigenvalue weighted by atomic mass is 10.2. The average molecular weight is 409 g/mol. The number of carbonyl (C=O) groups is 1. The van der Waals surface area contributed by atoms with Crippen LogP contribution in [0.25, 0.3) is 0 Å². The number of hydrogen-bond donors (Lipinski definition) is 2. The Labute approximate surface area is 176 Å². The molecule has 8 heteroatoms. The fourth-order valence-corrected chi connectivity index (χ4v) is 2.87. The molecule has 0 saturated heterocycles. The van der Waals surface area contributed by atoms with E-state index in [1.807, 2.05) is 39.3 Å². The molecular formula is C21H40N6O2. The van der Waals surface area contributed by atoms with Gasteiger partial charge in [0.05, 0.1) is 5.69 Å². The van der Waals surface area contributed by atoms with Crippen LogP contribution in [-0.4, -0.2) is 65.6 Å². The van der Waals surface area contributed by atoms with E-state index in [0.29, 0.717) is 13.1 Å². The lowest BCUT2D eigenvalue weighted by Gasteiger charge is -2.26. The third-order valence-electron chi connectivity index (χ3n) is 4.14. The lowest BCUT2D eigenvalue weighted by Crippen LogP contribution is -2.39. The highest BCUT2D eigenvalue weighted by molar-refractivity contribution is 5.79. The molecule has 1 rings (SSSR count). The molecule has 1 heterocycles. The van der Waals surface area contributed by atoms with Gasteiger partial charge in [-0.1, -0.05) is 6.92 Å². The molecule has 0 spiro atoms. The van der Waals surface area contributed by atoms with Gasteiger partial charge in [-0.25, -0.2) is 4.79 Å². The SMILES string of the molecule is CCNC(=NCC(C)CN(C)C(=O)OC(C)(C)C)NCCCn1nc(C)cc1C. The Kier molecular flexibility index (Phi) is 9.98. The first-order valence-electron chi connectivity index (χ1n) is 10.5. The highest BCUT2D eigenvalue weighted by atomic mass is 16.6. The number of hydrogen-bond acceptors (Lipinski definition) is 4. The van der Waals surface area contributed by atoms with Crippen molar-refractivity contribution in [1.82, 2.24) is 25.3 Å². The molecule has 0 aliphatic heterocycles. The molecule has 0 bridgehead atoms. The minimum absolute atomic E-state index is 0.220. The first kappa shape index (κ1) is 24.8. The van der Waals surface area contributed by atoms with Crippen molar-refractivity contribution in [3.8, 4) is 0 Å². The predicted molar refractivity (Wildman–Crippen MR) is 118 cm³/mol. The van der Waals surface area contributed by atoms with Gasteiger partial charge in [0.1, 0.15) is 5.60 Å². The fourth-order valence-electron chi connectivity index (χ4n) is 2.87. The molecule has 1 amide bonds. The van der Waals surface area contributed by atoms with Crippen LogP contribution in [0.3, 0.4) is 0 Å². The maximum absolute atomic E-state index is 12.1. The van der Waals surface area contributed by atoms with Gasteiger partial charge in [-0.05, 0) is 59.9 Å². The van der Waals surface area contributed by atoms with E-state index in [4.69, 9.17) is 4.74 Å². The van der Waals surface area contributed by atoms with Crippen molar-refractivity contribution in [2.75, 3.05) is 33.2 Å². The van der Waals surface area contributed by atoms with E-state index < -0.39 is 5.60 Å². The Morgan fingerprint density at radius 3 is 2.59 bits per heavy atom. The minimum Gasteiger partial charge on any atom is -0.444 e. The first-order chi connectivity index (χ1) is 13.5. The van der Waals surface area contributed by atoms with Gasteiger partial charge in [0.2, 0.25) is 0 Å². The summed E-state index contributed by atoms with van der Waals surface area (Å²) in [6, 6.07) is 2.09. The number of ether oxygens (including phenoxy) is 1. The molecule has 1 aromatic rings. The van der Waals surface area contributed by atoms with Gasteiger partial charge in [-0.3, -0.25) is 9.67 Å². The summed E-state index contributed by atoms with van der Waals surface area (Å²) in [5.41, 5.74) is 1.75. The van der Waals surface area contributed by atoms with Crippen molar-refractivity contribution in [3.05, 3.63) is 17.5 Å². The van der Waals surface area contributed by atoms with E-state index >= 15 is 0 Å². The second kappa shape index (κ2) is 11.7. The van der Waals surface area contributed by atoms with Crippen LogP contribution in [0.1, 0.15) is 52.4 Å². The summed E-state index contributed by atoms with van der Waals surface area (Å²) in [6.45, 7) is 17.5. The van der Waals surface area contributed by atoms with Gasteiger partial charge in [-0.15, -0.1) is 0 Å². The van der Waals surface area contributed by atoms with Gasteiger partial charge in [0, 0.05) is 45.5 Å². The number of nitrogens with zero attached hydrogens (tertiary/aromatic N) is 4. The maximum atomic E-state index is 12.1. The van der Waals surface area contributed by atoms with Crippen molar-refractivity contribution in [3.63, 3.8) is 0 Å². The number of aromatic nitrogens is 2. The van der Waals surface area contributed by atoms with Crippen LogP contribution in [0.2, 0.25) is 0 Å². The number of amides is 1. The van der Waals surface area contributed by atoms with Crippen LogP contribution in [0.15, 0.2) is 11.1 Å². The van der Waals surface area contributed by atoms with Gasteiger partial charge in [0.15, 0.2) is 5.96 Å². The highest BCUT2D eigenvalue weighted by Crippen LogP contribution is 2.10. The number of nitrogens with one attached hydrogen (secondary N) is 2. The summed E-state index contributed by atoms with van der Waals surface area (Å²) in [5.74, 6) is 1.02. The zero-order valence-corrected chi connectivity index (χ0v) is 19.5. The molecule has 8 nitrogen and oxygen atoms in total. The molecule has 1 aromatic heterocycles. The lowest BCUT2D eigenvalue weighted by molar-refractivity contribution is 0.0279. The summed E-state index contributed by atoms with van der Waals surface area (Å²) < 4.78 is 7.43. The van der Waals surface area contributed by atoms with Gasteiger partial charge in [-0.2, -0.15) is 5.10 Å². The topological polar surface area (TPSA) is 83.8 Å². The molecule has 0 aliphatic rings. The van der Waals surface area contributed by atoms with Crippen molar-refractivity contribution in [2.24, 2.45) is 10.9 Å². The van der Waals surface area contributed by atoms with Crippen LogP contribution < -0.4 is 10.6 Å². The monoisotopic (exact) mass is 408 g/mol. The Morgan fingerprint density at radius 1 is 1.34 bits per heavy atom. The van der Waals surface area contributed by atoms with Crippen LogP contribution in [0.5, 0.6) is 0 Å². The zero-order valence-electron chi connectivity index (χ0n) is 19.5. The van der Waals surface area contributed by atoms with E-state index in [0.717, 1.165) is 37.7 Å². The number of aryl methyl sites for hydroxylation is 3. The quantitative estimate of drug-likeness (QED) is 0.373. The molecule has 1 atom stereocenters. The Hall–Kier alpha value is -2.25. The fraction of sp³-hybridized carbons (Fsp3) is 0.762. The first-order valence-corrected chi connectivity index (χ1v) is 10.5. The van der Waals surface area contributed by atoms with Crippen LogP contribution >= 0.6 is 0 Å². The summed E-state index contributed by atoms with van der Waals surface area (Å²) >= 11 is 0. The van der Waals surface area contributed by atoms with Gasteiger partial charge < -0.3 is 20.3 Å². The standard InChI is InChI=1S/C21H40N6O2/c1-9-22-19(23-11-10-12-27-18(4)13-17(3)25-27)24-14-16(2)15-26(8)20(28)29-21(5,6)7/h13,16H,9-12,14-15H2,1-8H3,(H2,22,23,24). The smallest absolute Gasteiger partial charge is 0.410 e. The van der Waals surface area contributed by atoms with Crippen molar-refractivity contribution < 1.29 is 9.53 Å². The van der Waals surface area contributed by atoms with Gasteiger partial charge >= 0.3 is 6.09 Å². The summed E-state index contributed by atoms with van der Waals surface area (Å²) in [4.78, 5) is 18.4. The van der Waals surface area contributed by atoms with Crippen LogP contribution in [0, 0.1) is 19.8 Å². The van der Waals surface area contributed by atoms with E-state index in [1.165, 1.54) is 5.69 Å². The third kappa shape index (κ3) is 10.2. The summed E-state index contributed by atoms with van der Waals surface area (Å²) in [5, 5.41) is 11.1. The van der Waals surface area contributed by atoms with E-state index in [9.17, 15) is 4.79 Å². The Bertz CT molecular complexity index is 663. The Balaban J connectivity index is 2.43. The molecule has 0 saturated carbocycles. The van der Waals surface area contributed by atoms with Crippen molar-refractivity contribution in [2.45, 2.75) is 67.0 Å². The molecule has 0 aliphatic carbocycles. The molecular weight excluding hydrogens is 368 g/mol. The van der Waals surface area contributed by atoms with E-state index in [1.54, 1.807) is 11.9 Å². The molecule has 2 N–H and O–H groups in total. The second-order valence-corrected chi connectivity index (χ2v) is 8.62. The summed E-state index contributed by atoms with van der Waals surface area (Å²) in [6.07, 6.45) is 0.658. The average Bonchev–Trinajstić information content (AvgIpc) is 2.92. The molecule has 1 unspecified atom stereocenters. The summed E-state index contributed by atoms with van der Waals surface area (Å²) in [7, 11) is 1.76. The zero-order chi connectivity index (χ0) is 22.0. The van der Waals surface area contributed by atoms with Crippen molar-refractivity contribution in [1.29, 1.82) is 0 Å². The minimum atomic E-state index is -0.484. The van der Waals surface area contributed by atoms with Crippen LogP contribution in [-0.2, 0) is 11.3 Å². The van der Waals surface area contributed by atoms with E-state index in [-0.39, 0.29) is 12.0 Å². The van der Waals surface area contributed by atoms with Crippen LogP contribution in [0.4, 0.5) is 4.79 Å². The molecule has 29 heavy (non-hydrogen) atoms. The Morgan fingerprint density at radius 2 is 2.03 bits per heavy atom. The maximum Gasteiger partial charge on any atom is 0.410 e. The largest absolute Gasteiger partial charge is 0.444 e.